The third kappa shape index (κ3) is 4.26. The summed E-state index contributed by atoms with van der Waals surface area (Å²) in [5.41, 5.74) is 0. The van der Waals surface area contributed by atoms with Gasteiger partial charge in [-0.15, -0.1) is 0 Å². The maximum atomic E-state index is 5.26. The molecule has 0 aliphatic rings. The minimum Gasteiger partial charge on any atom is -0.467 e. The monoisotopic (exact) mass is 262 g/mol. The smallest absolute Gasteiger partial charge is 0.132 e. The number of anilines is 2. The first kappa shape index (κ1) is 13.4. The summed E-state index contributed by atoms with van der Waals surface area (Å²) in [5.74, 6) is 3.13. The van der Waals surface area contributed by atoms with E-state index in [1.807, 2.05) is 25.1 Å². The van der Waals surface area contributed by atoms with Crippen LogP contribution in [0.25, 0.3) is 0 Å². The predicted molar refractivity (Wildman–Crippen MR) is 73.2 cm³/mol. The standard InChI is InChI=1S/C13H18N4O2/c1-10-16-12(14-5-7-18-2)8-13(17-10)15-9-11-4-3-6-19-11/h3-4,6,8H,5,7,9H2,1-2H3,(H2,14,15,16,17). The summed E-state index contributed by atoms with van der Waals surface area (Å²) in [4.78, 5) is 8.64. The SMILES string of the molecule is COCCNc1cc(NCc2ccco2)nc(C)n1. The number of aryl methyl sites for hydroxylation is 1. The molecule has 0 amide bonds. The van der Waals surface area contributed by atoms with Crippen LogP contribution in [0.2, 0.25) is 0 Å². The summed E-state index contributed by atoms with van der Waals surface area (Å²) in [6, 6.07) is 5.64. The number of furan rings is 1. The Labute approximate surface area is 112 Å². The minimum absolute atomic E-state index is 0.598. The van der Waals surface area contributed by atoms with Gasteiger partial charge in [0.25, 0.3) is 0 Å². The van der Waals surface area contributed by atoms with Gasteiger partial charge in [-0.2, -0.15) is 0 Å². The second-order valence-electron chi connectivity index (χ2n) is 4.04. The molecule has 19 heavy (non-hydrogen) atoms. The molecule has 0 saturated carbocycles. The van der Waals surface area contributed by atoms with Gasteiger partial charge in [-0.25, -0.2) is 9.97 Å². The molecule has 2 rings (SSSR count). The van der Waals surface area contributed by atoms with E-state index in [4.69, 9.17) is 9.15 Å². The van der Waals surface area contributed by atoms with Gasteiger partial charge in [0.1, 0.15) is 23.2 Å². The lowest BCUT2D eigenvalue weighted by molar-refractivity contribution is 0.210. The van der Waals surface area contributed by atoms with Gasteiger partial charge >= 0.3 is 0 Å². The Balaban J connectivity index is 1.95. The Morgan fingerprint density at radius 1 is 1.26 bits per heavy atom. The Bertz CT molecular complexity index is 499. The van der Waals surface area contributed by atoms with Gasteiger partial charge in [0.2, 0.25) is 0 Å². The zero-order valence-electron chi connectivity index (χ0n) is 11.1. The van der Waals surface area contributed by atoms with Crippen LogP contribution in [0.1, 0.15) is 11.6 Å². The summed E-state index contributed by atoms with van der Waals surface area (Å²) >= 11 is 0. The van der Waals surface area contributed by atoms with Gasteiger partial charge in [-0.1, -0.05) is 0 Å². The summed E-state index contributed by atoms with van der Waals surface area (Å²) in [6.45, 7) is 3.81. The van der Waals surface area contributed by atoms with E-state index in [1.54, 1.807) is 13.4 Å². The van der Waals surface area contributed by atoms with Crippen LogP contribution in [0, 0.1) is 6.92 Å². The lowest BCUT2D eigenvalue weighted by atomic mass is 10.4. The number of ether oxygens (including phenoxy) is 1. The van der Waals surface area contributed by atoms with Crippen LogP contribution in [-0.4, -0.2) is 30.2 Å². The summed E-state index contributed by atoms with van der Waals surface area (Å²) in [6.07, 6.45) is 1.65. The van der Waals surface area contributed by atoms with Crippen molar-refractivity contribution in [2.75, 3.05) is 30.9 Å². The van der Waals surface area contributed by atoms with E-state index in [0.29, 0.717) is 25.5 Å². The van der Waals surface area contributed by atoms with E-state index in [0.717, 1.165) is 17.4 Å². The largest absolute Gasteiger partial charge is 0.467 e. The highest BCUT2D eigenvalue weighted by molar-refractivity contribution is 5.47. The molecule has 0 aliphatic heterocycles. The third-order valence-electron chi connectivity index (χ3n) is 2.47. The summed E-state index contributed by atoms with van der Waals surface area (Å²) < 4.78 is 10.2. The van der Waals surface area contributed by atoms with Crippen molar-refractivity contribution in [2.24, 2.45) is 0 Å². The normalized spacial score (nSPS) is 10.4. The highest BCUT2D eigenvalue weighted by Crippen LogP contribution is 2.12. The topological polar surface area (TPSA) is 72.2 Å². The predicted octanol–water partition coefficient (Wildman–Crippen LogP) is 2.05. The van der Waals surface area contributed by atoms with E-state index >= 15 is 0 Å². The van der Waals surface area contributed by atoms with Crippen molar-refractivity contribution in [3.63, 3.8) is 0 Å². The number of rotatable bonds is 7. The highest BCUT2D eigenvalue weighted by Gasteiger charge is 2.02. The number of hydrogen-bond acceptors (Lipinski definition) is 6. The van der Waals surface area contributed by atoms with Crippen LogP contribution in [0.4, 0.5) is 11.6 Å². The number of aromatic nitrogens is 2. The van der Waals surface area contributed by atoms with Crippen LogP contribution >= 0.6 is 0 Å². The number of hydrogen-bond donors (Lipinski definition) is 2. The van der Waals surface area contributed by atoms with Crippen LogP contribution in [0.15, 0.2) is 28.9 Å². The van der Waals surface area contributed by atoms with Crippen molar-refractivity contribution >= 4 is 11.6 Å². The molecular weight excluding hydrogens is 244 g/mol. The average molecular weight is 262 g/mol. The van der Waals surface area contributed by atoms with Gasteiger partial charge < -0.3 is 19.8 Å². The van der Waals surface area contributed by atoms with Gasteiger partial charge in [-0.3, -0.25) is 0 Å². The van der Waals surface area contributed by atoms with Crippen molar-refractivity contribution in [3.8, 4) is 0 Å². The Morgan fingerprint density at radius 2 is 2.05 bits per heavy atom. The van der Waals surface area contributed by atoms with Crippen LogP contribution in [-0.2, 0) is 11.3 Å². The van der Waals surface area contributed by atoms with Gasteiger partial charge in [0, 0.05) is 19.7 Å². The van der Waals surface area contributed by atoms with E-state index in [2.05, 4.69) is 20.6 Å². The van der Waals surface area contributed by atoms with E-state index in [-0.39, 0.29) is 0 Å². The van der Waals surface area contributed by atoms with Crippen LogP contribution in [0.5, 0.6) is 0 Å². The fraction of sp³-hybridized carbons (Fsp3) is 0.385. The molecule has 0 unspecified atom stereocenters. The summed E-state index contributed by atoms with van der Waals surface area (Å²) in [5, 5.41) is 6.38. The molecule has 2 aromatic heterocycles. The third-order valence-corrected chi connectivity index (χ3v) is 2.47. The molecule has 0 fully saturated rings. The molecule has 0 spiro atoms. The number of nitrogens with zero attached hydrogens (tertiary/aromatic N) is 2. The first-order valence-corrected chi connectivity index (χ1v) is 6.12. The first-order chi connectivity index (χ1) is 9.28. The van der Waals surface area contributed by atoms with Crippen molar-refractivity contribution < 1.29 is 9.15 Å². The molecule has 0 aromatic carbocycles. The molecule has 0 aliphatic carbocycles. The highest BCUT2D eigenvalue weighted by atomic mass is 16.5. The lowest BCUT2D eigenvalue weighted by Crippen LogP contribution is -2.11. The fourth-order valence-electron chi connectivity index (χ4n) is 1.62. The van der Waals surface area contributed by atoms with Gasteiger partial charge in [-0.05, 0) is 19.1 Å². The number of methoxy groups -OCH3 is 1. The van der Waals surface area contributed by atoms with E-state index in [9.17, 15) is 0 Å². The molecular formula is C13H18N4O2. The van der Waals surface area contributed by atoms with E-state index < -0.39 is 0 Å². The Hall–Kier alpha value is -2.08. The van der Waals surface area contributed by atoms with Crippen molar-refractivity contribution in [1.29, 1.82) is 0 Å². The minimum atomic E-state index is 0.598. The second-order valence-corrected chi connectivity index (χ2v) is 4.04. The zero-order valence-corrected chi connectivity index (χ0v) is 11.1. The number of nitrogens with one attached hydrogen (secondary N) is 2. The molecule has 0 bridgehead atoms. The van der Waals surface area contributed by atoms with Crippen molar-refractivity contribution in [3.05, 3.63) is 36.0 Å². The second kappa shape index (κ2) is 6.75. The van der Waals surface area contributed by atoms with Crippen molar-refractivity contribution in [1.82, 2.24) is 9.97 Å². The van der Waals surface area contributed by atoms with E-state index in [1.165, 1.54) is 0 Å². The van der Waals surface area contributed by atoms with Crippen LogP contribution in [0.3, 0.4) is 0 Å². The molecule has 2 heterocycles. The van der Waals surface area contributed by atoms with Gasteiger partial charge in [0.05, 0.1) is 19.4 Å². The molecule has 6 heteroatoms. The molecule has 2 N–H and O–H groups in total. The maximum absolute atomic E-state index is 5.26. The van der Waals surface area contributed by atoms with Crippen molar-refractivity contribution in [2.45, 2.75) is 13.5 Å². The Kier molecular flexibility index (Phi) is 4.74. The quantitative estimate of drug-likeness (QED) is 0.744. The Morgan fingerprint density at radius 3 is 2.74 bits per heavy atom. The molecule has 0 atom stereocenters. The first-order valence-electron chi connectivity index (χ1n) is 6.12. The average Bonchev–Trinajstić information content (AvgIpc) is 2.89. The van der Waals surface area contributed by atoms with Gasteiger partial charge in [0.15, 0.2) is 0 Å². The molecule has 2 aromatic rings. The summed E-state index contributed by atoms with van der Waals surface area (Å²) in [7, 11) is 1.67. The molecule has 0 saturated heterocycles. The lowest BCUT2D eigenvalue weighted by Gasteiger charge is -2.09. The maximum Gasteiger partial charge on any atom is 0.132 e. The molecule has 102 valence electrons. The van der Waals surface area contributed by atoms with Crippen LogP contribution < -0.4 is 10.6 Å². The molecule has 6 nitrogen and oxygen atoms in total. The zero-order chi connectivity index (χ0) is 13.5. The molecule has 0 radical (unpaired) electrons. The fourth-order valence-corrected chi connectivity index (χ4v) is 1.62.